The van der Waals surface area contributed by atoms with Gasteiger partial charge in [0, 0.05) is 52.2 Å². The van der Waals surface area contributed by atoms with Crippen molar-refractivity contribution in [3.05, 3.63) is 86.1 Å². The minimum atomic E-state index is -2.31. The molecule has 4 aromatic rings. The Morgan fingerprint density at radius 1 is 0.716 bits per heavy atom. The van der Waals surface area contributed by atoms with E-state index in [0.717, 1.165) is 11.8 Å². The summed E-state index contributed by atoms with van der Waals surface area (Å²) < 4.78 is 0. The fourth-order valence-electron chi connectivity index (χ4n) is 10.8. The number of aromatic nitrogens is 4. The van der Waals surface area contributed by atoms with E-state index in [-0.39, 0.29) is 83.0 Å². The predicted molar refractivity (Wildman–Crippen MR) is 388 cm³/mol. The van der Waals surface area contributed by atoms with Crippen molar-refractivity contribution in [1.82, 2.24) is 78.0 Å². The Bertz CT molecular complexity index is 4280. The fourth-order valence-corrected chi connectivity index (χ4v) is 17.5. The highest BCUT2D eigenvalue weighted by molar-refractivity contribution is 8.15. The molecule has 1 fully saturated rings. The number of carboxylic acids is 1. The van der Waals surface area contributed by atoms with Crippen LogP contribution in [0.1, 0.15) is 98.3 Å². The number of nitrogens with one attached hydrogen (secondary N) is 11. The zero-order chi connectivity index (χ0) is 73.3. The Morgan fingerprint density at radius 3 is 2.01 bits per heavy atom. The van der Waals surface area contributed by atoms with Crippen LogP contribution in [0.3, 0.4) is 0 Å². The molecule has 11 rings (SSSR count). The normalized spacial score (nSPS) is 26.1. The standard InChI is InChI=1S/C61H69N21O13S7/c1-6-28-49(90)81-61(5)59(95)80-30(10-8-14-65-60(63)64)45(86)66-17-42(84)69-29(7-2)57(92)82-15-9-11-40(82)50(91)67-25(3)43-27(44(85)72-32(16-41(62)83)53-74-34(19-97-53)47(88)71-28)12-13-31(70-43)52-78-37(22-100-52)54-75-33(18-98-54)46(87)68-26(4)51-77-36(21-96-51)56-79-38(23-101-56)55-76-35(20-99-55)48(89)73-39(24-102-61)58(93)94/h6-7,12-13,21-23,25,30,32-35,39-40H,4,8-11,14-20,24H2,1-3,5H3,(H2,62,83)(H,66,86)(H,67,91)(H,68,87)(H,69,84)(H,71,88)(H,72,85)(H,73,89)(H,80,95)(H,81,90)(H,93,94)(H4,63,64,65)/b28-6-,29-7-/t25-,30-,32?,33-,34-,35-,39-,40-,61?/m0/s1. The van der Waals surface area contributed by atoms with Crippen LogP contribution in [0.15, 0.2) is 73.4 Å². The number of rotatable bonds is 7. The number of hydrogen-bond donors (Lipinski definition) is 14. The number of carbonyl (C=O) groups is 12. The number of guanidine groups is 1. The third kappa shape index (κ3) is 18.1. The summed E-state index contributed by atoms with van der Waals surface area (Å²) in [5.41, 5.74) is 12.2. The van der Waals surface area contributed by atoms with Crippen LogP contribution in [-0.4, -0.2) is 212 Å². The molecular formula is C61H69N21O13S7. The first-order chi connectivity index (χ1) is 48.7. The zero-order valence-electron chi connectivity index (χ0n) is 54.8. The number of fused-ring (bicyclic) bond motifs is 8. The highest BCUT2D eigenvalue weighted by Crippen LogP contribution is 2.35. The average Bonchev–Trinajstić information content (AvgIpc) is 1.71. The summed E-state index contributed by atoms with van der Waals surface area (Å²) in [5, 5.41) is 51.8. The number of aliphatic imine (C=N–C) groups is 3. The summed E-state index contributed by atoms with van der Waals surface area (Å²) in [6, 6.07) is -7.15. The smallest absolute Gasteiger partial charge is 0.327 e. The minimum Gasteiger partial charge on any atom is -0.480 e. The summed E-state index contributed by atoms with van der Waals surface area (Å²) in [6.07, 6.45) is 2.32. The lowest BCUT2D eigenvalue weighted by Crippen LogP contribution is -2.60. The molecule has 41 heteroatoms. The molecule has 11 heterocycles. The summed E-state index contributed by atoms with van der Waals surface area (Å²) in [5.74, 6) is -11.8. The molecule has 4 aromatic heterocycles. The lowest BCUT2D eigenvalue weighted by molar-refractivity contribution is -0.141. The number of pyridine rings is 1. The Kier molecular flexibility index (Phi) is 24.4. The highest BCUT2D eigenvalue weighted by Gasteiger charge is 2.43. The van der Waals surface area contributed by atoms with Crippen LogP contribution in [0.25, 0.3) is 27.1 Å². The van der Waals surface area contributed by atoms with Gasteiger partial charge in [-0.2, -0.15) is 0 Å². The van der Waals surface area contributed by atoms with Crippen molar-refractivity contribution >= 4 is 179 Å². The lowest BCUT2D eigenvalue weighted by Gasteiger charge is -2.32. The molecule has 102 heavy (non-hydrogen) atoms. The van der Waals surface area contributed by atoms with Crippen LogP contribution in [0, 0.1) is 5.41 Å². The summed E-state index contributed by atoms with van der Waals surface area (Å²) in [6.45, 7) is 8.94. The Labute approximate surface area is 610 Å². The minimum absolute atomic E-state index is 0.000233. The fraction of sp³-hybridized carbons (Fsp3) is 0.410. The lowest BCUT2D eigenvalue weighted by atomic mass is 10.0. The van der Waals surface area contributed by atoms with E-state index in [2.05, 4.69) is 74.7 Å². The number of thioether (sulfide) groups is 4. The third-order valence-corrected chi connectivity index (χ3v) is 23.4. The Morgan fingerprint density at radius 2 is 1.34 bits per heavy atom. The molecule has 34 nitrogen and oxygen atoms in total. The van der Waals surface area contributed by atoms with E-state index in [0.29, 0.717) is 60.4 Å². The maximum atomic E-state index is 15.0. The van der Waals surface area contributed by atoms with Crippen LogP contribution < -0.4 is 64.6 Å². The van der Waals surface area contributed by atoms with Gasteiger partial charge in [0.15, 0.2) is 10.8 Å². The maximum Gasteiger partial charge on any atom is 0.327 e. The molecule has 0 spiro atoms. The van der Waals surface area contributed by atoms with Crippen molar-refractivity contribution in [1.29, 1.82) is 5.41 Å². The van der Waals surface area contributed by atoms with E-state index in [1.165, 1.54) is 107 Å². The number of nitrogens with zero attached hydrogens (tertiary/aromatic N) is 8. The maximum absolute atomic E-state index is 15.0. The molecule has 16 N–H and O–H groups in total. The van der Waals surface area contributed by atoms with Crippen molar-refractivity contribution in [3.63, 3.8) is 0 Å². The van der Waals surface area contributed by atoms with Crippen molar-refractivity contribution in [3.8, 4) is 21.4 Å². The van der Waals surface area contributed by atoms with Crippen LogP contribution in [0.5, 0.6) is 0 Å². The van der Waals surface area contributed by atoms with E-state index < -0.39 is 155 Å². The molecule has 7 aliphatic heterocycles. The Hall–Kier alpha value is -9.42. The molecule has 2 unspecified atom stereocenters. The molecule has 0 saturated carbocycles. The Balaban J connectivity index is 1.05. The van der Waals surface area contributed by atoms with Crippen molar-refractivity contribution in [2.24, 2.45) is 26.4 Å². The van der Waals surface area contributed by atoms with Crippen LogP contribution in [0.2, 0.25) is 0 Å². The van der Waals surface area contributed by atoms with E-state index in [1.807, 2.05) is 0 Å². The summed E-state index contributed by atoms with van der Waals surface area (Å²) in [4.78, 5) is 201. The molecule has 1 saturated heterocycles. The molecule has 16 bridgehead atoms. The highest BCUT2D eigenvalue weighted by atomic mass is 32.2. The molecule has 11 amide bonds. The molecule has 7 aliphatic rings. The number of allylic oxidation sites excluding steroid dienone is 2. The first kappa shape index (κ1) is 75.2. The molecule has 0 aliphatic carbocycles. The molecule has 0 aromatic carbocycles. The van der Waals surface area contributed by atoms with Gasteiger partial charge in [0.2, 0.25) is 41.4 Å². The first-order valence-electron chi connectivity index (χ1n) is 31.5. The van der Waals surface area contributed by atoms with Gasteiger partial charge in [-0.3, -0.25) is 73.1 Å². The van der Waals surface area contributed by atoms with Crippen molar-refractivity contribution in [2.45, 2.75) is 113 Å². The first-order valence-corrected chi connectivity index (χ1v) is 38.1. The van der Waals surface area contributed by atoms with Gasteiger partial charge < -0.3 is 74.6 Å². The van der Waals surface area contributed by atoms with Gasteiger partial charge in [-0.25, -0.2) is 24.7 Å². The van der Waals surface area contributed by atoms with Crippen LogP contribution >= 0.6 is 81.1 Å². The number of hydrogen-bond acceptors (Lipinski definition) is 27. The van der Waals surface area contributed by atoms with E-state index >= 15 is 4.79 Å². The molecular weight excluding hydrogens is 1460 g/mol. The second-order valence-electron chi connectivity index (χ2n) is 23.5. The SMILES string of the molecule is C=C1NC(=O)[C@@H]2CSC(=N2)c2csc(n2)-c2ccc3c(n2)[C@H](C)NC(=O)[C@@H]2CCCN2C(=O)/C(=C/C)NC(=O)CNC(=O)[C@H](CCCNC(=N)N)NC(=O)C(C)(NC(=O)/C(=C/C)NC(=O)[C@@H]2CSC(=N2)C(CC(N)=O)NC3=O)SC[C@@H](C(=O)O)NC(=O)[C@@H]2CSC(=N2)c2csc(n2)-c2csc1n2. The van der Waals surface area contributed by atoms with Gasteiger partial charge >= 0.3 is 5.97 Å². The van der Waals surface area contributed by atoms with E-state index in [1.54, 1.807) is 23.1 Å². The number of primary amides is 1. The third-order valence-electron chi connectivity index (χ3n) is 16.1. The monoisotopic (exact) mass is 1530 g/mol. The van der Waals surface area contributed by atoms with Gasteiger partial charge in [0.1, 0.15) is 89.8 Å². The van der Waals surface area contributed by atoms with Gasteiger partial charge in [-0.1, -0.05) is 18.7 Å². The van der Waals surface area contributed by atoms with E-state index in [4.69, 9.17) is 36.8 Å². The quantitative estimate of drug-likeness (QED) is 0.0502. The summed E-state index contributed by atoms with van der Waals surface area (Å²) >= 11 is 7.63. The van der Waals surface area contributed by atoms with Gasteiger partial charge in [-0.05, 0) is 65.5 Å². The van der Waals surface area contributed by atoms with Gasteiger partial charge in [0.25, 0.3) is 23.6 Å². The van der Waals surface area contributed by atoms with Gasteiger partial charge in [0.05, 0.1) is 52.7 Å². The van der Waals surface area contributed by atoms with Crippen LogP contribution in [-0.2, 0) is 52.7 Å². The molecule has 0 radical (unpaired) electrons. The predicted octanol–water partition coefficient (Wildman–Crippen LogP) is 0.0186. The summed E-state index contributed by atoms with van der Waals surface area (Å²) in [7, 11) is 0. The van der Waals surface area contributed by atoms with E-state index in [9.17, 15) is 57.8 Å². The van der Waals surface area contributed by atoms with Crippen molar-refractivity contribution < 1.29 is 62.6 Å². The number of aliphatic carboxylic acids is 1. The number of thiazole rings is 3. The second kappa shape index (κ2) is 33.1. The number of carboxylic acid groups (broad SMARTS) is 1. The average molecular weight is 1530 g/mol. The number of amides is 11. The molecule has 538 valence electrons. The van der Waals surface area contributed by atoms with Crippen LogP contribution in [0.4, 0.5) is 0 Å². The molecule has 9 atom stereocenters. The zero-order valence-corrected chi connectivity index (χ0v) is 60.5. The van der Waals surface area contributed by atoms with Gasteiger partial charge in [-0.15, -0.1) is 81.1 Å². The number of nitrogens with two attached hydrogens (primary N) is 2. The van der Waals surface area contributed by atoms with Crippen molar-refractivity contribution in [2.75, 3.05) is 42.6 Å². The second-order valence-corrected chi connectivity index (χ2v) is 30.5. The topological polar surface area (TPSA) is 513 Å². The number of carbonyl (C=O) groups excluding carboxylic acids is 11. The largest absolute Gasteiger partial charge is 0.480 e.